The van der Waals surface area contributed by atoms with Crippen LogP contribution < -0.4 is 0 Å². The predicted octanol–water partition coefficient (Wildman–Crippen LogP) is 11.1. The maximum Gasteiger partial charge on any atom is 0.238 e. The second-order valence-corrected chi connectivity index (χ2v) is 10.3. The molecule has 5 nitrogen and oxygen atoms in total. The molecule has 5 heteroatoms. The molecule has 0 unspecified atom stereocenters. The van der Waals surface area contributed by atoms with E-state index >= 15 is 0 Å². The molecule has 0 atom stereocenters. The van der Waals surface area contributed by atoms with Gasteiger partial charge in [-0.1, -0.05) is 133 Å². The van der Waals surface area contributed by atoms with Gasteiger partial charge in [0.15, 0.2) is 11.6 Å². The molecule has 234 valence electrons. The molecule has 0 saturated carbocycles. The van der Waals surface area contributed by atoms with Gasteiger partial charge in [-0.2, -0.15) is 9.97 Å². The standard InChI is InChI=1S/C45H29N5/c1-2-15-30(16-3-1)31-17-14-18-32(29-31)43-46-44(48-45(47-43)50-40-26-11-6-21-35(40)36-22-7-12-27-41(36)50)37-23-8-13-28-42(37)49-38-24-9-4-19-33(38)34-20-5-10-25-39(34)49/h1-29H/i1D,2D,3D,4D,5D,6D,7D,8D,9D,10D,11D,12D,13D,14D,15D,16D,17D,18D,19D,20D,21D,22D,23D,24D,25D,26D,27D,28D,29D. The van der Waals surface area contributed by atoms with Gasteiger partial charge in [0.1, 0.15) is 0 Å². The number of rotatable bonds is 5. The monoisotopic (exact) mass is 668 g/mol. The van der Waals surface area contributed by atoms with Crippen molar-refractivity contribution in [2.24, 2.45) is 0 Å². The number of hydrogen-bond donors (Lipinski definition) is 0. The minimum Gasteiger partial charge on any atom is -0.309 e. The lowest BCUT2D eigenvalue weighted by atomic mass is 10.0. The molecule has 10 aromatic rings. The summed E-state index contributed by atoms with van der Waals surface area (Å²) in [5.41, 5.74) is -7.05. The first-order valence-electron chi connectivity index (χ1n) is 28.9. The fourth-order valence-electron chi connectivity index (χ4n) is 5.54. The molecule has 0 N–H and O–H groups in total. The van der Waals surface area contributed by atoms with Crippen LogP contribution in [0.3, 0.4) is 0 Å². The summed E-state index contributed by atoms with van der Waals surface area (Å²) in [4.78, 5) is 13.5. The van der Waals surface area contributed by atoms with E-state index in [2.05, 4.69) is 15.0 Å². The maximum atomic E-state index is 9.60. The van der Waals surface area contributed by atoms with E-state index in [0.29, 0.717) is 9.13 Å². The third kappa shape index (κ3) is 4.45. The number of para-hydroxylation sites is 5. The van der Waals surface area contributed by atoms with Crippen LogP contribution in [0.15, 0.2) is 175 Å². The van der Waals surface area contributed by atoms with Crippen LogP contribution in [0.1, 0.15) is 39.8 Å². The summed E-state index contributed by atoms with van der Waals surface area (Å²) in [6.45, 7) is 0. The Labute approximate surface area is 329 Å². The number of fused-ring (bicyclic) bond motifs is 6. The van der Waals surface area contributed by atoms with E-state index in [4.69, 9.17) is 28.8 Å². The quantitative estimate of drug-likeness (QED) is 0.183. The predicted molar refractivity (Wildman–Crippen MR) is 205 cm³/mol. The first-order valence-corrected chi connectivity index (χ1v) is 14.4. The first-order chi connectivity index (χ1) is 36.9. The lowest BCUT2D eigenvalue weighted by Crippen LogP contribution is -2.07. The van der Waals surface area contributed by atoms with Gasteiger partial charge in [-0.3, -0.25) is 4.57 Å². The Morgan fingerprint density at radius 3 is 1.44 bits per heavy atom. The highest BCUT2D eigenvalue weighted by atomic mass is 15.2. The molecule has 0 aliphatic rings. The minimum atomic E-state index is -1.11. The Kier molecular flexibility index (Phi) is 2.65. The third-order valence-electron chi connectivity index (χ3n) is 7.60. The molecule has 3 heterocycles. The van der Waals surface area contributed by atoms with Gasteiger partial charge in [-0.15, -0.1) is 0 Å². The summed E-state index contributed by atoms with van der Waals surface area (Å²) < 4.78 is 259. The van der Waals surface area contributed by atoms with Crippen LogP contribution in [-0.2, 0) is 0 Å². The van der Waals surface area contributed by atoms with Crippen LogP contribution in [0, 0.1) is 0 Å². The number of nitrogens with zero attached hydrogens (tertiary/aromatic N) is 5. The third-order valence-corrected chi connectivity index (χ3v) is 7.60. The smallest absolute Gasteiger partial charge is 0.238 e. The zero-order valence-electron chi connectivity index (χ0n) is 53.7. The maximum absolute atomic E-state index is 9.60. The summed E-state index contributed by atoms with van der Waals surface area (Å²) in [6, 6.07) is -27.5. The molecule has 0 amide bonds. The van der Waals surface area contributed by atoms with Gasteiger partial charge in [-0.05, 0) is 53.4 Å². The van der Waals surface area contributed by atoms with Gasteiger partial charge >= 0.3 is 0 Å². The summed E-state index contributed by atoms with van der Waals surface area (Å²) >= 11 is 0. The van der Waals surface area contributed by atoms with Crippen molar-refractivity contribution in [1.29, 1.82) is 0 Å². The number of aromatic nitrogens is 5. The average molecular weight is 669 g/mol. The zero-order chi connectivity index (χ0) is 58.3. The van der Waals surface area contributed by atoms with E-state index in [0.717, 1.165) is 0 Å². The molecule has 0 aliphatic carbocycles. The topological polar surface area (TPSA) is 48.5 Å². The Balaban J connectivity index is 1.50. The minimum absolute atomic E-state index is 0.537. The van der Waals surface area contributed by atoms with Crippen molar-refractivity contribution in [2.45, 2.75) is 0 Å². The molecule has 10 rings (SSSR count). The molecular weight excluding hydrogens is 611 g/mol. The van der Waals surface area contributed by atoms with E-state index in [1.807, 2.05) is 0 Å². The normalized spacial score (nSPS) is 19.7. The summed E-state index contributed by atoms with van der Waals surface area (Å²) in [7, 11) is 0. The molecule has 0 radical (unpaired) electrons. The van der Waals surface area contributed by atoms with Crippen molar-refractivity contribution >= 4 is 43.6 Å². The van der Waals surface area contributed by atoms with Gasteiger partial charge < -0.3 is 4.57 Å². The highest BCUT2D eigenvalue weighted by Crippen LogP contribution is 2.37. The average Bonchev–Trinajstić information content (AvgIpc) is 4.08. The molecule has 0 fully saturated rings. The second-order valence-electron chi connectivity index (χ2n) is 10.3. The fraction of sp³-hybridized carbons (Fsp3) is 0. The van der Waals surface area contributed by atoms with E-state index < -0.39 is 264 Å². The largest absolute Gasteiger partial charge is 0.309 e. The van der Waals surface area contributed by atoms with Gasteiger partial charge in [0, 0.05) is 32.7 Å². The molecule has 3 aromatic heterocycles. The first kappa shape index (κ1) is 11.6. The summed E-state index contributed by atoms with van der Waals surface area (Å²) in [5, 5.41) is -2.17. The van der Waals surface area contributed by atoms with Gasteiger partial charge in [0.05, 0.1) is 67.5 Å². The zero-order valence-corrected chi connectivity index (χ0v) is 24.7. The SMILES string of the molecule is [2H]c1c([2H])c([2H])c(-c2c([2H])c([2H])c([2H])c(-c3nc(-c4c([2H])c([2H])c([2H])c([2H])c4-n4c5c([2H])c([2H])c([2H])c([2H])c5c5c([2H])c([2H])c([2H])c([2H])c54)nc(-n4c5c([2H])c([2H])c([2H])c([2H])c5c5c([2H])c([2H])c([2H])c([2H])c54)n3)c2[2H])c([2H])c1[2H]. The van der Waals surface area contributed by atoms with Crippen LogP contribution in [0.25, 0.3) is 89.2 Å². The summed E-state index contributed by atoms with van der Waals surface area (Å²) in [6.07, 6.45) is 0. The van der Waals surface area contributed by atoms with Gasteiger partial charge in [0.2, 0.25) is 5.95 Å². The molecular formula is C45H29N5. The van der Waals surface area contributed by atoms with Crippen molar-refractivity contribution < 1.29 is 39.8 Å². The second kappa shape index (κ2) is 11.4. The van der Waals surface area contributed by atoms with Gasteiger partial charge in [0.25, 0.3) is 0 Å². The van der Waals surface area contributed by atoms with Crippen molar-refractivity contribution in [3.8, 4) is 45.5 Å². The van der Waals surface area contributed by atoms with E-state index in [-0.39, 0.29) is 0 Å². The van der Waals surface area contributed by atoms with Crippen molar-refractivity contribution in [2.75, 3.05) is 0 Å². The van der Waals surface area contributed by atoms with Crippen LogP contribution in [-0.4, -0.2) is 24.1 Å². The molecule has 0 aliphatic heterocycles. The molecule has 7 aromatic carbocycles. The van der Waals surface area contributed by atoms with Crippen LogP contribution >= 0.6 is 0 Å². The van der Waals surface area contributed by atoms with E-state index in [1.54, 1.807) is 0 Å². The summed E-state index contributed by atoms with van der Waals surface area (Å²) in [5.74, 6) is -3.03. The van der Waals surface area contributed by atoms with Crippen molar-refractivity contribution in [1.82, 2.24) is 24.1 Å². The molecule has 0 saturated heterocycles. The van der Waals surface area contributed by atoms with Crippen LogP contribution in [0.4, 0.5) is 0 Å². The Bertz CT molecular complexity index is 4360. The van der Waals surface area contributed by atoms with Crippen molar-refractivity contribution in [3.05, 3.63) is 175 Å². The lowest BCUT2D eigenvalue weighted by molar-refractivity contribution is 0.952. The molecule has 0 spiro atoms. The Hall–Kier alpha value is -6.85. The van der Waals surface area contributed by atoms with Crippen LogP contribution in [0.5, 0.6) is 0 Å². The molecule has 50 heavy (non-hydrogen) atoms. The van der Waals surface area contributed by atoms with E-state index in [9.17, 15) is 11.0 Å². The molecule has 0 bridgehead atoms. The van der Waals surface area contributed by atoms with E-state index in [1.165, 1.54) is 0 Å². The lowest BCUT2D eigenvalue weighted by Gasteiger charge is -2.15. The van der Waals surface area contributed by atoms with Crippen molar-refractivity contribution in [3.63, 3.8) is 0 Å². The fourth-order valence-corrected chi connectivity index (χ4v) is 5.54. The Morgan fingerprint density at radius 2 is 0.820 bits per heavy atom. The van der Waals surface area contributed by atoms with Gasteiger partial charge in [-0.25, -0.2) is 4.98 Å². The number of benzene rings is 7. The Morgan fingerprint density at radius 1 is 0.360 bits per heavy atom. The highest BCUT2D eigenvalue weighted by Gasteiger charge is 2.21. The van der Waals surface area contributed by atoms with Crippen LogP contribution in [0.2, 0.25) is 0 Å². The highest BCUT2D eigenvalue weighted by molar-refractivity contribution is 6.10. The number of hydrogen-bond acceptors (Lipinski definition) is 3.